The van der Waals surface area contributed by atoms with Crippen molar-refractivity contribution in [1.29, 1.82) is 0 Å². The van der Waals surface area contributed by atoms with Crippen LogP contribution in [0.2, 0.25) is 0 Å². The first-order valence-corrected chi connectivity index (χ1v) is 6.78. The predicted molar refractivity (Wildman–Crippen MR) is 79.5 cm³/mol. The number of hydrogen-bond donors (Lipinski definition) is 1. The minimum Gasteiger partial charge on any atom is -0.370 e. The minimum atomic E-state index is 0.905. The summed E-state index contributed by atoms with van der Waals surface area (Å²) in [5, 5.41) is 3.26. The Balaban J connectivity index is 2.73. The molecule has 1 N–H and O–H groups in total. The Labute approximate surface area is 111 Å². The van der Waals surface area contributed by atoms with E-state index in [1.165, 1.54) is 0 Å². The average molecular weight is 250 g/mol. The van der Waals surface area contributed by atoms with E-state index in [0.717, 1.165) is 44.2 Å². The van der Waals surface area contributed by atoms with Gasteiger partial charge in [0.05, 0.1) is 0 Å². The lowest BCUT2D eigenvalue weighted by molar-refractivity contribution is 0.412. The molecule has 0 saturated carbocycles. The minimum absolute atomic E-state index is 0.905. The molecule has 0 spiro atoms. The van der Waals surface area contributed by atoms with Gasteiger partial charge in [0.15, 0.2) is 0 Å². The Bertz CT molecular complexity index is 338. The van der Waals surface area contributed by atoms with E-state index in [9.17, 15) is 0 Å². The van der Waals surface area contributed by atoms with Gasteiger partial charge in [-0.25, -0.2) is 4.98 Å². The van der Waals surface area contributed by atoms with E-state index >= 15 is 0 Å². The van der Waals surface area contributed by atoms with Crippen molar-refractivity contribution in [1.82, 2.24) is 9.88 Å². The Morgan fingerprint density at radius 3 is 2.50 bits per heavy atom. The van der Waals surface area contributed by atoms with Crippen molar-refractivity contribution in [3.05, 3.63) is 18.2 Å². The van der Waals surface area contributed by atoms with Gasteiger partial charge in [0, 0.05) is 26.2 Å². The normalized spacial score (nSPS) is 10.7. The summed E-state index contributed by atoms with van der Waals surface area (Å²) in [4.78, 5) is 9.21. The van der Waals surface area contributed by atoms with Crippen LogP contribution in [-0.2, 0) is 0 Å². The fourth-order valence-electron chi connectivity index (χ4n) is 1.81. The van der Waals surface area contributed by atoms with Crippen molar-refractivity contribution in [3.63, 3.8) is 0 Å². The quantitative estimate of drug-likeness (QED) is 0.767. The summed E-state index contributed by atoms with van der Waals surface area (Å²) in [6, 6.07) is 6.17. The van der Waals surface area contributed by atoms with Gasteiger partial charge in [-0.2, -0.15) is 0 Å². The van der Waals surface area contributed by atoms with Crippen LogP contribution in [0.25, 0.3) is 0 Å². The zero-order chi connectivity index (χ0) is 13.4. The highest BCUT2D eigenvalue weighted by molar-refractivity contribution is 5.47. The van der Waals surface area contributed by atoms with Crippen molar-refractivity contribution in [2.24, 2.45) is 0 Å². The number of anilines is 2. The van der Waals surface area contributed by atoms with Crippen LogP contribution in [0, 0.1) is 0 Å². The smallest absolute Gasteiger partial charge is 0.130 e. The van der Waals surface area contributed by atoms with Gasteiger partial charge in [0.1, 0.15) is 11.6 Å². The number of likely N-dealkylation sites (N-methyl/N-ethyl adjacent to an activating group) is 1. The van der Waals surface area contributed by atoms with E-state index in [2.05, 4.69) is 60.2 Å². The number of rotatable bonds is 8. The lowest BCUT2D eigenvalue weighted by Crippen LogP contribution is -2.33. The second-order valence-electron chi connectivity index (χ2n) is 4.70. The summed E-state index contributed by atoms with van der Waals surface area (Å²) in [5.74, 6) is 2.03. The molecule has 1 aromatic rings. The number of pyridine rings is 1. The molecule has 1 heterocycles. The second-order valence-corrected chi connectivity index (χ2v) is 4.70. The lowest BCUT2D eigenvalue weighted by Gasteiger charge is -2.25. The summed E-state index contributed by atoms with van der Waals surface area (Å²) in [6.07, 6.45) is 1.14. The van der Waals surface area contributed by atoms with Crippen LogP contribution in [0.1, 0.15) is 20.3 Å². The van der Waals surface area contributed by atoms with Gasteiger partial charge in [-0.3, -0.25) is 0 Å². The molecule has 0 amide bonds. The van der Waals surface area contributed by atoms with Crippen molar-refractivity contribution in [2.45, 2.75) is 20.3 Å². The Morgan fingerprint density at radius 1 is 1.11 bits per heavy atom. The van der Waals surface area contributed by atoms with Crippen LogP contribution < -0.4 is 10.2 Å². The van der Waals surface area contributed by atoms with Crippen LogP contribution >= 0.6 is 0 Å². The van der Waals surface area contributed by atoms with Crippen molar-refractivity contribution in [2.75, 3.05) is 50.5 Å². The van der Waals surface area contributed by atoms with Crippen LogP contribution in [0.15, 0.2) is 18.2 Å². The van der Waals surface area contributed by atoms with Crippen molar-refractivity contribution in [3.8, 4) is 0 Å². The van der Waals surface area contributed by atoms with Gasteiger partial charge in [-0.05, 0) is 39.6 Å². The van der Waals surface area contributed by atoms with Gasteiger partial charge >= 0.3 is 0 Å². The number of nitrogens with zero attached hydrogens (tertiary/aromatic N) is 3. The summed E-state index contributed by atoms with van der Waals surface area (Å²) in [5.41, 5.74) is 0. The molecule has 0 fully saturated rings. The number of nitrogens with one attached hydrogen (secondary N) is 1. The third kappa shape index (κ3) is 4.92. The highest BCUT2D eigenvalue weighted by Crippen LogP contribution is 2.14. The van der Waals surface area contributed by atoms with Gasteiger partial charge < -0.3 is 15.1 Å². The Hall–Kier alpha value is -1.29. The molecule has 4 heteroatoms. The third-order valence-electron chi connectivity index (χ3n) is 2.73. The first kappa shape index (κ1) is 14.8. The zero-order valence-corrected chi connectivity index (χ0v) is 12.1. The van der Waals surface area contributed by atoms with E-state index in [4.69, 9.17) is 0 Å². The third-order valence-corrected chi connectivity index (χ3v) is 2.73. The first-order valence-electron chi connectivity index (χ1n) is 6.78. The highest BCUT2D eigenvalue weighted by atomic mass is 15.2. The molecular weight excluding hydrogens is 224 g/mol. The van der Waals surface area contributed by atoms with E-state index in [0.29, 0.717) is 0 Å². The van der Waals surface area contributed by atoms with Gasteiger partial charge in [0.2, 0.25) is 0 Å². The van der Waals surface area contributed by atoms with Crippen molar-refractivity contribution >= 4 is 11.6 Å². The van der Waals surface area contributed by atoms with E-state index < -0.39 is 0 Å². The zero-order valence-electron chi connectivity index (χ0n) is 12.1. The predicted octanol–water partition coefficient (Wildman–Crippen LogP) is 2.29. The Kier molecular flexibility index (Phi) is 6.50. The lowest BCUT2D eigenvalue weighted by atomic mass is 10.3. The van der Waals surface area contributed by atoms with Crippen LogP contribution in [0.4, 0.5) is 11.6 Å². The van der Waals surface area contributed by atoms with Crippen LogP contribution in [0.5, 0.6) is 0 Å². The van der Waals surface area contributed by atoms with E-state index in [-0.39, 0.29) is 0 Å². The Morgan fingerprint density at radius 2 is 1.89 bits per heavy atom. The van der Waals surface area contributed by atoms with Gasteiger partial charge in [0.25, 0.3) is 0 Å². The molecule has 0 radical (unpaired) electrons. The molecule has 1 aromatic heterocycles. The first-order chi connectivity index (χ1) is 8.67. The molecule has 1 rings (SSSR count). The summed E-state index contributed by atoms with van der Waals surface area (Å²) in [6.45, 7) is 8.32. The van der Waals surface area contributed by atoms with Gasteiger partial charge in [-0.1, -0.05) is 13.0 Å². The average Bonchev–Trinajstić information content (AvgIpc) is 2.35. The number of aromatic nitrogens is 1. The molecule has 0 atom stereocenters. The second kappa shape index (κ2) is 7.93. The molecule has 0 aliphatic heterocycles. The maximum Gasteiger partial charge on any atom is 0.130 e. The molecule has 0 aromatic carbocycles. The monoisotopic (exact) mass is 250 g/mol. The molecule has 0 bridgehead atoms. The molecule has 0 unspecified atom stereocenters. The fraction of sp³-hybridized carbons (Fsp3) is 0.643. The summed E-state index contributed by atoms with van der Waals surface area (Å²) >= 11 is 0. The molecular formula is C14H26N4. The van der Waals surface area contributed by atoms with Crippen molar-refractivity contribution < 1.29 is 0 Å². The molecule has 0 aliphatic carbocycles. The fourth-order valence-corrected chi connectivity index (χ4v) is 1.81. The molecule has 18 heavy (non-hydrogen) atoms. The largest absolute Gasteiger partial charge is 0.370 e. The van der Waals surface area contributed by atoms with Crippen LogP contribution in [-0.4, -0.2) is 50.2 Å². The van der Waals surface area contributed by atoms with Gasteiger partial charge in [-0.15, -0.1) is 0 Å². The molecule has 4 nitrogen and oxygen atoms in total. The molecule has 0 saturated heterocycles. The highest BCUT2D eigenvalue weighted by Gasteiger charge is 2.07. The van der Waals surface area contributed by atoms with E-state index in [1.807, 2.05) is 6.07 Å². The SMILES string of the molecule is CCCN(CCN(C)C)c1cccc(NCC)n1. The maximum atomic E-state index is 4.66. The van der Waals surface area contributed by atoms with E-state index in [1.54, 1.807) is 0 Å². The standard InChI is InChI=1S/C14H26N4/c1-5-10-18(12-11-17(3)4)14-9-7-8-13(16-14)15-6-2/h7-9H,5-6,10-12H2,1-4H3,(H,15,16). The number of hydrogen-bond acceptors (Lipinski definition) is 4. The summed E-state index contributed by atoms with van der Waals surface area (Å²) < 4.78 is 0. The van der Waals surface area contributed by atoms with Crippen LogP contribution in [0.3, 0.4) is 0 Å². The topological polar surface area (TPSA) is 31.4 Å². The maximum absolute atomic E-state index is 4.66. The molecule has 102 valence electrons. The molecule has 0 aliphatic rings. The summed E-state index contributed by atoms with van der Waals surface area (Å²) in [7, 11) is 4.21.